The van der Waals surface area contributed by atoms with Gasteiger partial charge in [0.15, 0.2) is 0 Å². The molecule has 4 atom stereocenters. The lowest BCUT2D eigenvalue weighted by molar-refractivity contribution is -0.972. The Labute approximate surface area is 71.7 Å². The molecule has 3 rings (SSSR count). The zero-order chi connectivity index (χ0) is 8.34. The van der Waals surface area contributed by atoms with Crippen LogP contribution in [0.1, 0.15) is 12.8 Å². The number of Topliss-reactive ketones (excluding diaryl/α,β-unsaturated/α-hetero) is 1. The topological polar surface area (TPSA) is 30.7 Å². The molecule has 66 valence electrons. The molecule has 1 N–H and O–H groups in total. The number of likely N-dealkylation sites (tertiary alicyclic amines) is 1. The van der Waals surface area contributed by atoms with Gasteiger partial charge in [0.2, 0.25) is 0 Å². The summed E-state index contributed by atoms with van der Waals surface area (Å²) >= 11 is 0. The van der Waals surface area contributed by atoms with Crippen molar-refractivity contribution in [2.45, 2.75) is 24.9 Å². The first-order valence-electron chi connectivity index (χ1n) is 4.52. The van der Waals surface area contributed by atoms with Crippen LogP contribution in [0.25, 0.3) is 0 Å². The molecule has 0 radical (unpaired) electrons. The van der Waals surface area contributed by atoms with Gasteiger partial charge in [-0.1, -0.05) is 0 Å². The van der Waals surface area contributed by atoms with Gasteiger partial charge in [-0.2, -0.15) is 7.05 Å². The van der Waals surface area contributed by atoms with Crippen LogP contribution in [0.4, 0.5) is 0 Å². The van der Waals surface area contributed by atoms with Crippen LogP contribution in [0.2, 0.25) is 0 Å². The third-order valence-corrected chi connectivity index (χ3v) is 3.90. The highest BCUT2D eigenvalue weighted by Crippen LogP contribution is 2.46. The van der Waals surface area contributed by atoms with E-state index >= 15 is 0 Å². The molecule has 2 aliphatic heterocycles. The van der Waals surface area contributed by atoms with Crippen molar-refractivity contribution in [2.24, 2.45) is 5.41 Å². The van der Waals surface area contributed by atoms with Gasteiger partial charge in [0.05, 0.1) is 25.7 Å². The summed E-state index contributed by atoms with van der Waals surface area (Å²) < 4.78 is 5.44. The Kier molecular flexibility index (Phi) is 1.12. The minimum absolute atomic E-state index is 0.216. The molecular weight excluding hydrogens is 154 g/mol. The Morgan fingerprint density at radius 2 is 2.42 bits per heavy atom. The number of ether oxygens (including phenoxy) is 1. The Hall–Kier alpha value is -0.410. The summed E-state index contributed by atoms with van der Waals surface area (Å²) in [6, 6.07) is 0.978. The summed E-state index contributed by atoms with van der Waals surface area (Å²) in [4.78, 5) is 12.6. The van der Waals surface area contributed by atoms with Gasteiger partial charge in [-0.3, -0.25) is 4.79 Å². The van der Waals surface area contributed by atoms with Gasteiger partial charge in [-0.15, -0.1) is 0 Å². The van der Waals surface area contributed by atoms with Gasteiger partial charge in [0.1, 0.15) is 17.2 Å². The zero-order valence-electron chi connectivity index (χ0n) is 7.01. The van der Waals surface area contributed by atoms with Crippen LogP contribution in [-0.4, -0.2) is 31.1 Å². The number of nitrogens with one attached hydrogen (secondary N) is 1. The molecule has 3 nitrogen and oxygen atoms in total. The predicted molar refractivity (Wildman–Crippen MR) is 41.4 cm³/mol. The van der Waals surface area contributed by atoms with E-state index in [0.717, 1.165) is 26.1 Å². The van der Waals surface area contributed by atoms with E-state index < -0.39 is 0 Å². The average molecular weight is 167 g/mol. The fraction of sp³-hybridized carbons (Fsp3) is 0.778. The molecule has 0 aromatic heterocycles. The molecule has 0 amide bonds. The molecule has 2 saturated heterocycles. The van der Waals surface area contributed by atoms with E-state index in [1.807, 2.05) is 0 Å². The first kappa shape index (κ1) is 7.04. The second-order valence-corrected chi connectivity index (χ2v) is 4.35. The van der Waals surface area contributed by atoms with Crippen LogP contribution in [-0.2, 0) is 9.53 Å². The van der Waals surface area contributed by atoms with Gasteiger partial charge in [0, 0.05) is 6.42 Å². The van der Waals surface area contributed by atoms with Gasteiger partial charge < -0.3 is 9.64 Å². The number of quaternary nitrogens is 1. The highest BCUT2D eigenvalue weighted by molar-refractivity contribution is 5.83. The predicted octanol–water partition coefficient (Wildman–Crippen LogP) is -1.21. The number of hydrogen-bond acceptors (Lipinski definition) is 2. The maximum absolute atomic E-state index is 11.3. The largest absolute Gasteiger partial charge is 0.459 e. The van der Waals surface area contributed by atoms with Gasteiger partial charge in [-0.25, -0.2) is 0 Å². The summed E-state index contributed by atoms with van der Waals surface area (Å²) in [6.07, 6.45) is 1.49. The lowest BCUT2D eigenvalue weighted by Crippen LogP contribution is -3.26. The van der Waals surface area contributed by atoms with Crippen LogP contribution in [0.15, 0.2) is 0 Å². The highest BCUT2D eigenvalue weighted by atomic mass is 16.5. The van der Waals surface area contributed by atoms with E-state index in [0.29, 0.717) is 17.9 Å². The smallest absolute Gasteiger partial charge is 0.139 e. The number of ketones is 1. The van der Waals surface area contributed by atoms with Crippen LogP contribution >= 0.6 is 0 Å². The lowest BCUT2D eigenvalue weighted by Gasteiger charge is -2.55. The summed E-state index contributed by atoms with van der Waals surface area (Å²) in [5.74, 6) is 0.411. The molecule has 1 saturated carbocycles. The van der Waals surface area contributed by atoms with Crippen molar-refractivity contribution in [3.05, 3.63) is 7.05 Å². The molecular formula is C9H13NO2. The zero-order valence-corrected chi connectivity index (χ0v) is 7.01. The van der Waals surface area contributed by atoms with Crippen LogP contribution < -0.4 is 4.90 Å². The Bertz CT molecular complexity index is 253. The van der Waals surface area contributed by atoms with Crippen molar-refractivity contribution in [2.75, 3.05) is 13.2 Å². The molecule has 3 heteroatoms. The lowest BCUT2D eigenvalue weighted by atomic mass is 9.69. The molecule has 3 fully saturated rings. The van der Waals surface area contributed by atoms with E-state index in [-0.39, 0.29) is 5.41 Å². The SMILES string of the molecule is [CH2-][NH+]1C2COCC23CC(=O)CC13. The molecule has 0 bridgehead atoms. The van der Waals surface area contributed by atoms with Crippen LogP contribution in [0.3, 0.4) is 0 Å². The van der Waals surface area contributed by atoms with E-state index in [1.54, 1.807) is 0 Å². The van der Waals surface area contributed by atoms with Crippen molar-refractivity contribution in [3.63, 3.8) is 0 Å². The van der Waals surface area contributed by atoms with E-state index in [2.05, 4.69) is 7.05 Å². The number of rotatable bonds is 0. The first-order chi connectivity index (χ1) is 5.74. The van der Waals surface area contributed by atoms with Crippen molar-refractivity contribution in [3.8, 4) is 0 Å². The normalized spacial score (nSPS) is 56.4. The Morgan fingerprint density at radius 1 is 1.58 bits per heavy atom. The highest BCUT2D eigenvalue weighted by Gasteiger charge is 2.68. The standard InChI is InChI=1S/C9H13NO2/c1-10-7-2-6(11)3-9(7)5-12-4-8(9)10/h7-8,10H,1-5H2. The minimum atomic E-state index is 0.216. The summed E-state index contributed by atoms with van der Waals surface area (Å²) in [5, 5.41) is 0. The molecule has 2 heterocycles. The average Bonchev–Trinajstić information content (AvgIpc) is 2.54. The van der Waals surface area contributed by atoms with E-state index in [1.165, 1.54) is 4.90 Å². The molecule has 12 heavy (non-hydrogen) atoms. The van der Waals surface area contributed by atoms with Crippen LogP contribution in [0, 0.1) is 12.5 Å². The van der Waals surface area contributed by atoms with Gasteiger partial charge in [0.25, 0.3) is 0 Å². The van der Waals surface area contributed by atoms with Crippen LogP contribution in [0.5, 0.6) is 0 Å². The van der Waals surface area contributed by atoms with Crippen molar-refractivity contribution < 1.29 is 14.4 Å². The van der Waals surface area contributed by atoms with Crippen molar-refractivity contribution >= 4 is 5.78 Å². The van der Waals surface area contributed by atoms with E-state index in [4.69, 9.17) is 4.74 Å². The number of hydrogen-bond donors (Lipinski definition) is 1. The fourth-order valence-corrected chi connectivity index (χ4v) is 3.27. The fourth-order valence-electron chi connectivity index (χ4n) is 3.27. The summed E-state index contributed by atoms with van der Waals surface area (Å²) in [6.45, 7) is 1.61. The summed E-state index contributed by atoms with van der Waals surface area (Å²) in [7, 11) is 4.04. The number of carbonyl (C=O) groups is 1. The van der Waals surface area contributed by atoms with E-state index in [9.17, 15) is 4.79 Å². The Morgan fingerprint density at radius 3 is 3.25 bits per heavy atom. The number of carbonyl (C=O) groups excluding carboxylic acids is 1. The first-order valence-corrected chi connectivity index (χ1v) is 4.52. The molecule has 0 aromatic carbocycles. The Balaban J connectivity index is 1.97. The third kappa shape index (κ3) is 0.559. The van der Waals surface area contributed by atoms with Crippen molar-refractivity contribution in [1.29, 1.82) is 0 Å². The summed E-state index contributed by atoms with van der Waals surface area (Å²) in [5.41, 5.74) is 0.216. The monoisotopic (exact) mass is 167 g/mol. The second kappa shape index (κ2) is 1.91. The van der Waals surface area contributed by atoms with Crippen molar-refractivity contribution in [1.82, 2.24) is 0 Å². The quantitative estimate of drug-likeness (QED) is 0.459. The molecule has 1 aliphatic carbocycles. The molecule has 3 aliphatic rings. The molecule has 0 aromatic rings. The maximum Gasteiger partial charge on any atom is 0.139 e. The molecule has 1 spiro atoms. The second-order valence-electron chi connectivity index (χ2n) is 4.35. The maximum atomic E-state index is 11.3. The van der Waals surface area contributed by atoms with Gasteiger partial charge in [-0.05, 0) is 0 Å². The van der Waals surface area contributed by atoms with Gasteiger partial charge >= 0.3 is 0 Å². The minimum Gasteiger partial charge on any atom is -0.459 e. The third-order valence-electron chi connectivity index (χ3n) is 3.90. The molecule has 4 unspecified atom stereocenters.